The van der Waals surface area contributed by atoms with Gasteiger partial charge in [0.05, 0.1) is 0 Å². The lowest BCUT2D eigenvalue weighted by atomic mass is 10.0. The van der Waals surface area contributed by atoms with Crippen molar-refractivity contribution in [2.24, 2.45) is 0 Å². The lowest BCUT2D eigenvalue weighted by Gasteiger charge is -2.04. The molecule has 3 aromatic rings. The molecule has 0 heterocycles. The van der Waals surface area contributed by atoms with Crippen LogP contribution in [0.5, 0.6) is 0 Å². The Kier molecular flexibility index (Phi) is 4.01. The van der Waals surface area contributed by atoms with E-state index < -0.39 is 0 Å². The van der Waals surface area contributed by atoms with E-state index in [0.29, 0.717) is 0 Å². The summed E-state index contributed by atoms with van der Waals surface area (Å²) in [5.74, 6) is -0.00282. The normalized spacial score (nSPS) is 11.0. The van der Waals surface area contributed by atoms with E-state index in [1.807, 2.05) is 73.7 Å². The number of hydrogen-bond acceptors (Lipinski definition) is 2. The SMILES string of the molecule is Cc1cccc(N/C=C\C(=O)c2cccc3ccccc23)c1. The van der Waals surface area contributed by atoms with Crippen molar-refractivity contribution in [2.75, 3.05) is 5.32 Å². The number of rotatable bonds is 4. The van der Waals surface area contributed by atoms with Crippen molar-refractivity contribution in [1.29, 1.82) is 0 Å². The van der Waals surface area contributed by atoms with Crippen LogP contribution in [-0.4, -0.2) is 5.78 Å². The number of aryl methyl sites for hydroxylation is 1. The molecular formula is C20H17NO. The molecule has 0 spiro atoms. The van der Waals surface area contributed by atoms with Crippen molar-refractivity contribution in [3.8, 4) is 0 Å². The van der Waals surface area contributed by atoms with E-state index in [9.17, 15) is 4.79 Å². The molecule has 108 valence electrons. The maximum Gasteiger partial charge on any atom is 0.187 e. The van der Waals surface area contributed by atoms with Gasteiger partial charge in [-0.25, -0.2) is 0 Å². The second-order valence-electron chi connectivity index (χ2n) is 5.24. The van der Waals surface area contributed by atoms with Crippen LogP contribution in [0.3, 0.4) is 0 Å². The highest BCUT2D eigenvalue weighted by Crippen LogP contribution is 2.19. The van der Waals surface area contributed by atoms with Crippen LogP contribution in [0, 0.1) is 6.92 Å². The van der Waals surface area contributed by atoms with E-state index in [0.717, 1.165) is 22.0 Å². The number of allylic oxidation sites excluding steroid dienone is 1. The van der Waals surface area contributed by atoms with Gasteiger partial charge in [0.15, 0.2) is 5.78 Å². The molecule has 0 aromatic heterocycles. The standard InChI is InChI=1S/C20H17NO/c1-15-6-4-9-17(14-15)21-13-12-20(22)19-11-5-8-16-7-2-3-10-18(16)19/h2-14,21H,1H3/b13-12-. The molecule has 3 rings (SSSR count). The Balaban J connectivity index is 1.80. The van der Waals surface area contributed by atoms with Crippen LogP contribution in [0.4, 0.5) is 5.69 Å². The minimum atomic E-state index is -0.00282. The topological polar surface area (TPSA) is 29.1 Å². The van der Waals surface area contributed by atoms with E-state index in [2.05, 4.69) is 5.32 Å². The third-order valence-corrected chi connectivity index (χ3v) is 3.56. The maximum absolute atomic E-state index is 12.4. The fraction of sp³-hybridized carbons (Fsp3) is 0.0500. The van der Waals surface area contributed by atoms with Crippen LogP contribution in [0.2, 0.25) is 0 Å². The molecule has 0 radical (unpaired) electrons. The lowest BCUT2D eigenvalue weighted by Crippen LogP contribution is -1.97. The average Bonchev–Trinajstić information content (AvgIpc) is 2.54. The quantitative estimate of drug-likeness (QED) is 0.543. The molecule has 0 fully saturated rings. The smallest absolute Gasteiger partial charge is 0.187 e. The summed E-state index contributed by atoms with van der Waals surface area (Å²) in [7, 11) is 0. The Morgan fingerprint density at radius 2 is 1.73 bits per heavy atom. The summed E-state index contributed by atoms with van der Waals surface area (Å²) in [6, 6.07) is 21.7. The van der Waals surface area contributed by atoms with E-state index in [1.54, 1.807) is 12.3 Å². The minimum absolute atomic E-state index is 0.00282. The van der Waals surface area contributed by atoms with Gasteiger partial charge in [-0.05, 0) is 35.4 Å². The van der Waals surface area contributed by atoms with Crippen LogP contribution >= 0.6 is 0 Å². The van der Waals surface area contributed by atoms with Crippen LogP contribution < -0.4 is 5.32 Å². The molecule has 0 saturated carbocycles. The first-order valence-corrected chi connectivity index (χ1v) is 7.26. The summed E-state index contributed by atoms with van der Waals surface area (Å²) in [5, 5.41) is 5.19. The number of carbonyl (C=O) groups is 1. The predicted octanol–water partition coefficient (Wildman–Crippen LogP) is 4.96. The zero-order chi connectivity index (χ0) is 15.4. The Morgan fingerprint density at radius 3 is 2.59 bits per heavy atom. The predicted molar refractivity (Wildman–Crippen MR) is 92.2 cm³/mol. The Hall–Kier alpha value is -2.87. The number of nitrogens with one attached hydrogen (secondary N) is 1. The van der Waals surface area contributed by atoms with Gasteiger partial charge in [-0.1, -0.05) is 54.6 Å². The molecule has 2 heteroatoms. The third kappa shape index (κ3) is 3.07. The first-order valence-electron chi connectivity index (χ1n) is 7.26. The van der Waals surface area contributed by atoms with E-state index >= 15 is 0 Å². The van der Waals surface area contributed by atoms with Gasteiger partial charge in [-0.2, -0.15) is 0 Å². The molecule has 0 amide bonds. The van der Waals surface area contributed by atoms with E-state index in [4.69, 9.17) is 0 Å². The Labute approximate surface area is 130 Å². The molecule has 0 unspecified atom stereocenters. The van der Waals surface area contributed by atoms with Gasteiger partial charge in [0.1, 0.15) is 0 Å². The van der Waals surface area contributed by atoms with Gasteiger partial charge < -0.3 is 5.32 Å². The Bertz CT molecular complexity index is 844. The number of ketones is 1. The first kappa shape index (κ1) is 14.1. The lowest BCUT2D eigenvalue weighted by molar-refractivity contribution is 0.104. The molecule has 0 bridgehead atoms. The number of carbonyl (C=O) groups excluding carboxylic acids is 1. The minimum Gasteiger partial charge on any atom is -0.362 e. The van der Waals surface area contributed by atoms with Crippen molar-refractivity contribution in [3.63, 3.8) is 0 Å². The number of benzene rings is 3. The highest BCUT2D eigenvalue weighted by Gasteiger charge is 2.06. The molecule has 22 heavy (non-hydrogen) atoms. The highest BCUT2D eigenvalue weighted by molar-refractivity contribution is 6.13. The molecule has 0 aliphatic rings. The number of anilines is 1. The van der Waals surface area contributed by atoms with Gasteiger partial charge >= 0.3 is 0 Å². The molecule has 2 nitrogen and oxygen atoms in total. The van der Waals surface area contributed by atoms with Gasteiger partial charge in [-0.15, -0.1) is 0 Å². The first-order chi connectivity index (χ1) is 10.7. The van der Waals surface area contributed by atoms with Crippen LogP contribution in [0.15, 0.2) is 79.0 Å². The zero-order valence-electron chi connectivity index (χ0n) is 12.4. The summed E-state index contributed by atoms with van der Waals surface area (Å²) >= 11 is 0. The monoisotopic (exact) mass is 287 g/mol. The fourth-order valence-electron chi connectivity index (χ4n) is 2.48. The van der Waals surface area contributed by atoms with Crippen molar-refractivity contribution >= 4 is 22.2 Å². The maximum atomic E-state index is 12.4. The highest BCUT2D eigenvalue weighted by atomic mass is 16.1. The number of fused-ring (bicyclic) bond motifs is 1. The molecule has 1 N–H and O–H groups in total. The van der Waals surface area contributed by atoms with Crippen molar-refractivity contribution in [2.45, 2.75) is 6.92 Å². The fourth-order valence-corrected chi connectivity index (χ4v) is 2.48. The van der Waals surface area contributed by atoms with Crippen LogP contribution in [-0.2, 0) is 0 Å². The van der Waals surface area contributed by atoms with Crippen molar-refractivity contribution < 1.29 is 4.79 Å². The summed E-state index contributed by atoms with van der Waals surface area (Å²) in [5.41, 5.74) is 2.88. The summed E-state index contributed by atoms with van der Waals surface area (Å²) in [6.45, 7) is 2.04. The molecule has 3 aromatic carbocycles. The summed E-state index contributed by atoms with van der Waals surface area (Å²) < 4.78 is 0. The average molecular weight is 287 g/mol. The van der Waals surface area contributed by atoms with E-state index in [1.165, 1.54) is 5.56 Å². The second kappa shape index (κ2) is 6.27. The van der Waals surface area contributed by atoms with Gasteiger partial charge in [-0.3, -0.25) is 4.79 Å². The van der Waals surface area contributed by atoms with Crippen LogP contribution in [0.1, 0.15) is 15.9 Å². The van der Waals surface area contributed by atoms with E-state index in [-0.39, 0.29) is 5.78 Å². The van der Waals surface area contributed by atoms with Gasteiger partial charge in [0, 0.05) is 23.5 Å². The molecule has 0 atom stereocenters. The molecule has 0 aliphatic carbocycles. The largest absolute Gasteiger partial charge is 0.362 e. The van der Waals surface area contributed by atoms with Gasteiger partial charge in [0.2, 0.25) is 0 Å². The molecule has 0 aliphatic heterocycles. The molecular weight excluding hydrogens is 270 g/mol. The number of hydrogen-bond donors (Lipinski definition) is 1. The van der Waals surface area contributed by atoms with Crippen LogP contribution in [0.25, 0.3) is 10.8 Å². The third-order valence-electron chi connectivity index (χ3n) is 3.56. The summed E-state index contributed by atoms with van der Waals surface area (Å²) in [4.78, 5) is 12.4. The summed E-state index contributed by atoms with van der Waals surface area (Å²) in [6.07, 6.45) is 3.27. The zero-order valence-corrected chi connectivity index (χ0v) is 12.4. The second-order valence-corrected chi connectivity index (χ2v) is 5.24. The molecule has 0 saturated heterocycles. The van der Waals surface area contributed by atoms with Crippen molar-refractivity contribution in [1.82, 2.24) is 0 Å². The Morgan fingerprint density at radius 1 is 0.955 bits per heavy atom. The van der Waals surface area contributed by atoms with Gasteiger partial charge in [0.25, 0.3) is 0 Å². The van der Waals surface area contributed by atoms with Crippen molar-refractivity contribution in [3.05, 3.63) is 90.1 Å².